The van der Waals surface area contributed by atoms with Crippen LogP contribution < -0.4 is 4.72 Å². The van der Waals surface area contributed by atoms with E-state index in [9.17, 15) is 8.42 Å². The van der Waals surface area contributed by atoms with Crippen LogP contribution in [0.15, 0.2) is 35.2 Å². The molecular formula is C10H15NO2S. The van der Waals surface area contributed by atoms with Crippen LogP contribution in [0.2, 0.25) is 0 Å². The standard InChI is InChI=1S/C10H15NO2S/c1-10(2,3)11-14(12,13)9-7-5-4-6-8-9/h4-8,11H,1-3H3. The van der Waals surface area contributed by atoms with Crippen molar-refractivity contribution in [3.05, 3.63) is 30.3 Å². The average Bonchev–Trinajstić information content (AvgIpc) is 2.01. The van der Waals surface area contributed by atoms with Crippen molar-refractivity contribution >= 4 is 10.0 Å². The Balaban J connectivity index is 2.99. The van der Waals surface area contributed by atoms with E-state index < -0.39 is 15.6 Å². The molecule has 1 aromatic rings. The lowest BCUT2D eigenvalue weighted by Gasteiger charge is -2.20. The number of hydrogen-bond donors (Lipinski definition) is 1. The quantitative estimate of drug-likeness (QED) is 0.813. The SMILES string of the molecule is CC(C)(C)NS(=O)(=O)c1ccccc1. The monoisotopic (exact) mass is 213 g/mol. The van der Waals surface area contributed by atoms with Crippen molar-refractivity contribution in [3.63, 3.8) is 0 Å². The Kier molecular flexibility index (Phi) is 2.97. The Labute approximate surface area is 85.2 Å². The van der Waals surface area contributed by atoms with Crippen LogP contribution >= 0.6 is 0 Å². The lowest BCUT2D eigenvalue weighted by molar-refractivity contribution is 0.491. The van der Waals surface area contributed by atoms with Gasteiger partial charge in [-0.15, -0.1) is 0 Å². The topological polar surface area (TPSA) is 46.2 Å². The van der Waals surface area contributed by atoms with Gasteiger partial charge in [0.15, 0.2) is 0 Å². The second-order valence-corrected chi connectivity index (χ2v) is 5.85. The minimum Gasteiger partial charge on any atom is -0.207 e. The number of nitrogens with one attached hydrogen (secondary N) is 1. The lowest BCUT2D eigenvalue weighted by Crippen LogP contribution is -2.40. The molecule has 14 heavy (non-hydrogen) atoms. The van der Waals surface area contributed by atoms with Gasteiger partial charge in [-0.2, -0.15) is 0 Å². The first kappa shape index (κ1) is 11.2. The number of benzene rings is 1. The van der Waals surface area contributed by atoms with Crippen molar-refractivity contribution in [2.75, 3.05) is 0 Å². The first-order valence-corrected chi connectivity index (χ1v) is 5.89. The molecule has 0 unspecified atom stereocenters. The van der Waals surface area contributed by atoms with Crippen molar-refractivity contribution in [1.29, 1.82) is 0 Å². The van der Waals surface area contributed by atoms with E-state index in [2.05, 4.69) is 4.72 Å². The number of sulfonamides is 1. The largest absolute Gasteiger partial charge is 0.241 e. The highest BCUT2D eigenvalue weighted by molar-refractivity contribution is 7.89. The molecule has 78 valence electrons. The molecule has 0 atom stereocenters. The van der Waals surface area contributed by atoms with Gasteiger partial charge >= 0.3 is 0 Å². The predicted molar refractivity (Wildman–Crippen MR) is 56.5 cm³/mol. The van der Waals surface area contributed by atoms with Crippen LogP contribution in [0.5, 0.6) is 0 Å². The highest BCUT2D eigenvalue weighted by atomic mass is 32.2. The number of rotatable bonds is 2. The third-order valence-corrected chi connectivity index (χ3v) is 3.27. The van der Waals surface area contributed by atoms with Crippen LogP contribution in [0.3, 0.4) is 0 Å². The van der Waals surface area contributed by atoms with Gasteiger partial charge < -0.3 is 0 Å². The van der Waals surface area contributed by atoms with E-state index in [0.717, 1.165) is 0 Å². The first-order valence-electron chi connectivity index (χ1n) is 4.40. The predicted octanol–water partition coefficient (Wildman–Crippen LogP) is 1.76. The van der Waals surface area contributed by atoms with Crippen LogP contribution in [0.25, 0.3) is 0 Å². The maximum absolute atomic E-state index is 11.7. The van der Waals surface area contributed by atoms with Gasteiger partial charge in [-0.3, -0.25) is 0 Å². The molecule has 3 nitrogen and oxygen atoms in total. The van der Waals surface area contributed by atoms with Gasteiger partial charge in [0.05, 0.1) is 4.90 Å². The van der Waals surface area contributed by atoms with Crippen LogP contribution in [0.4, 0.5) is 0 Å². The van der Waals surface area contributed by atoms with E-state index in [-0.39, 0.29) is 0 Å². The Morgan fingerprint density at radius 1 is 1.07 bits per heavy atom. The summed E-state index contributed by atoms with van der Waals surface area (Å²) in [5, 5.41) is 0. The van der Waals surface area contributed by atoms with Crippen LogP contribution in [-0.2, 0) is 10.0 Å². The normalized spacial score (nSPS) is 12.8. The third kappa shape index (κ3) is 3.12. The van der Waals surface area contributed by atoms with E-state index in [1.165, 1.54) is 0 Å². The molecule has 0 saturated carbocycles. The third-order valence-electron chi connectivity index (χ3n) is 1.49. The van der Waals surface area contributed by atoms with E-state index in [1.807, 2.05) is 20.8 Å². The van der Waals surface area contributed by atoms with Gasteiger partial charge in [0.25, 0.3) is 0 Å². The van der Waals surface area contributed by atoms with Crippen molar-refractivity contribution in [1.82, 2.24) is 4.72 Å². The van der Waals surface area contributed by atoms with E-state index >= 15 is 0 Å². The molecule has 0 heterocycles. The summed E-state index contributed by atoms with van der Waals surface area (Å²) in [7, 11) is -3.37. The Morgan fingerprint density at radius 3 is 2.00 bits per heavy atom. The van der Waals surface area contributed by atoms with Gasteiger partial charge in [-0.1, -0.05) is 18.2 Å². The molecule has 0 saturated heterocycles. The first-order chi connectivity index (χ1) is 6.31. The summed E-state index contributed by atoms with van der Waals surface area (Å²) in [5.41, 5.74) is -0.450. The highest BCUT2D eigenvalue weighted by Crippen LogP contribution is 2.11. The fraction of sp³-hybridized carbons (Fsp3) is 0.400. The molecule has 0 bridgehead atoms. The molecule has 1 rings (SSSR count). The maximum Gasteiger partial charge on any atom is 0.241 e. The molecule has 0 amide bonds. The van der Waals surface area contributed by atoms with E-state index in [0.29, 0.717) is 4.90 Å². The van der Waals surface area contributed by atoms with Crippen LogP contribution in [0, 0.1) is 0 Å². The molecule has 0 aliphatic carbocycles. The van der Waals surface area contributed by atoms with Crippen molar-refractivity contribution < 1.29 is 8.42 Å². The molecule has 0 spiro atoms. The second kappa shape index (κ2) is 3.71. The summed E-state index contributed by atoms with van der Waals surface area (Å²) in [5.74, 6) is 0. The van der Waals surface area contributed by atoms with E-state index in [4.69, 9.17) is 0 Å². The second-order valence-electron chi connectivity index (χ2n) is 4.17. The van der Waals surface area contributed by atoms with Gasteiger partial charge in [0.1, 0.15) is 0 Å². The highest BCUT2D eigenvalue weighted by Gasteiger charge is 2.21. The Hall–Kier alpha value is -0.870. The molecule has 1 N–H and O–H groups in total. The fourth-order valence-corrected chi connectivity index (χ4v) is 2.50. The molecule has 0 aliphatic heterocycles. The molecule has 0 aliphatic rings. The molecule has 0 radical (unpaired) electrons. The molecular weight excluding hydrogens is 198 g/mol. The zero-order chi connectivity index (χ0) is 10.8. The summed E-state index contributed by atoms with van der Waals surface area (Å²) in [6.45, 7) is 5.44. The zero-order valence-corrected chi connectivity index (χ0v) is 9.43. The van der Waals surface area contributed by atoms with Crippen molar-refractivity contribution in [2.24, 2.45) is 0 Å². The summed E-state index contributed by atoms with van der Waals surface area (Å²) in [4.78, 5) is 0.301. The fourth-order valence-electron chi connectivity index (χ4n) is 1.06. The van der Waals surface area contributed by atoms with Crippen molar-refractivity contribution in [3.8, 4) is 0 Å². The van der Waals surface area contributed by atoms with Gasteiger partial charge in [0, 0.05) is 5.54 Å². The maximum atomic E-state index is 11.7. The minimum absolute atomic E-state index is 0.301. The summed E-state index contributed by atoms with van der Waals surface area (Å²) in [6, 6.07) is 8.35. The number of hydrogen-bond acceptors (Lipinski definition) is 2. The van der Waals surface area contributed by atoms with Crippen LogP contribution in [0.1, 0.15) is 20.8 Å². The lowest BCUT2D eigenvalue weighted by atomic mass is 10.1. The molecule has 0 aromatic heterocycles. The smallest absolute Gasteiger partial charge is 0.207 e. The summed E-state index contributed by atoms with van der Waals surface area (Å²) < 4.78 is 26.1. The zero-order valence-electron chi connectivity index (χ0n) is 8.61. The van der Waals surface area contributed by atoms with E-state index in [1.54, 1.807) is 30.3 Å². The summed E-state index contributed by atoms with van der Waals surface area (Å²) in [6.07, 6.45) is 0. The summed E-state index contributed by atoms with van der Waals surface area (Å²) >= 11 is 0. The van der Waals surface area contributed by atoms with Gasteiger partial charge in [0.2, 0.25) is 10.0 Å². The molecule has 1 aromatic carbocycles. The van der Waals surface area contributed by atoms with Crippen molar-refractivity contribution in [2.45, 2.75) is 31.2 Å². The van der Waals surface area contributed by atoms with Crippen LogP contribution in [-0.4, -0.2) is 14.0 Å². The minimum atomic E-state index is -3.37. The van der Waals surface area contributed by atoms with Gasteiger partial charge in [-0.25, -0.2) is 13.1 Å². The molecule has 4 heteroatoms. The Bertz CT molecular complexity index is 390. The average molecular weight is 213 g/mol. The Morgan fingerprint density at radius 2 is 1.57 bits per heavy atom. The van der Waals surface area contributed by atoms with Gasteiger partial charge in [-0.05, 0) is 32.9 Å². The molecule has 0 fully saturated rings.